The lowest BCUT2D eigenvalue weighted by molar-refractivity contribution is -0.118. The van der Waals surface area contributed by atoms with Crippen molar-refractivity contribution in [2.75, 3.05) is 16.8 Å². The number of carbonyl (C=O) groups excluding carboxylic acids is 1. The molecule has 0 bridgehead atoms. The molecule has 0 radical (unpaired) electrons. The third kappa shape index (κ3) is 1.78. The van der Waals surface area contributed by atoms with Crippen molar-refractivity contribution < 1.29 is 4.79 Å². The molecule has 0 saturated carbocycles. The fraction of sp³-hybridized carbons (Fsp3) is 0.462. The van der Waals surface area contributed by atoms with Crippen LogP contribution in [0.5, 0.6) is 0 Å². The first kappa shape index (κ1) is 10.9. The van der Waals surface area contributed by atoms with Crippen LogP contribution in [0, 0.1) is 5.92 Å². The minimum Gasteiger partial charge on any atom is -0.358 e. The minimum absolute atomic E-state index is 0.00701. The zero-order chi connectivity index (χ0) is 12.0. The van der Waals surface area contributed by atoms with Crippen LogP contribution in [0.2, 0.25) is 5.02 Å². The van der Waals surface area contributed by atoms with Gasteiger partial charge in [0.1, 0.15) is 6.04 Å². The molecular weight excluding hydrogens is 236 g/mol. The Morgan fingerprint density at radius 1 is 1.47 bits per heavy atom. The van der Waals surface area contributed by atoms with Gasteiger partial charge in [-0.25, -0.2) is 0 Å². The van der Waals surface area contributed by atoms with Crippen LogP contribution in [-0.2, 0) is 4.79 Å². The Balaban J connectivity index is 2.02. The van der Waals surface area contributed by atoms with Crippen molar-refractivity contribution in [2.24, 2.45) is 5.92 Å². The van der Waals surface area contributed by atoms with Crippen LogP contribution in [-0.4, -0.2) is 18.5 Å². The van der Waals surface area contributed by atoms with Crippen LogP contribution >= 0.6 is 11.6 Å². The van der Waals surface area contributed by atoms with Gasteiger partial charge >= 0.3 is 0 Å². The van der Waals surface area contributed by atoms with E-state index in [1.807, 2.05) is 18.2 Å². The summed E-state index contributed by atoms with van der Waals surface area (Å²) in [5.41, 5.74) is 1.94. The number of amides is 1. The predicted octanol–water partition coefficient (Wildman–Crippen LogP) is 2.90. The van der Waals surface area contributed by atoms with Crippen LogP contribution in [0.1, 0.15) is 19.8 Å². The number of carbonyl (C=O) groups is 1. The lowest BCUT2D eigenvalue weighted by atomic mass is 9.90. The van der Waals surface area contributed by atoms with E-state index in [1.54, 1.807) is 0 Å². The topological polar surface area (TPSA) is 32.3 Å². The molecule has 1 N–H and O–H groups in total. The van der Waals surface area contributed by atoms with Gasteiger partial charge in [-0.3, -0.25) is 4.79 Å². The van der Waals surface area contributed by atoms with E-state index in [1.165, 1.54) is 0 Å². The summed E-state index contributed by atoms with van der Waals surface area (Å²) in [7, 11) is 0. The third-order valence-electron chi connectivity index (χ3n) is 3.69. The Kier molecular flexibility index (Phi) is 2.51. The zero-order valence-electron chi connectivity index (χ0n) is 9.74. The molecule has 0 aliphatic carbocycles. The van der Waals surface area contributed by atoms with E-state index in [4.69, 9.17) is 11.6 Å². The highest BCUT2D eigenvalue weighted by molar-refractivity contribution is 6.31. The Morgan fingerprint density at radius 2 is 2.29 bits per heavy atom. The number of hydrogen-bond donors (Lipinski definition) is 1. The lowest BCUT2D eigenvalue weighted by Crippen LogP contribution is -2.52. The zero-order valence-corrected chi connectivity index (χ0v) is 10.5. The summed E-state index contributed by atoms with van der Waals surface area (Å²) in [4.78, 5) is 14.3. The number of nitrogens with zero attached hydrogens (tertiary/aromatic N) is 1. The lowest BCUT2D eigenvalue weighted by Gasteiger charge is -2.43. The molecular formula is C13H15ClN2O. The van der Waals surface area contributed by atoms with Crippen LogP contribution in [0.4, 0.5) is 11.4 Å². The number of hydrogen-bond acceptors (Lipinski definition) is 2. The van der Waals surface area contributed by atoms with Crippen molar-refractivity contribution in [3.63, 3.8) is 0 Å². The van der Waals surface area contributed by atoms with Crippen molar-refractivity contribution in [3.8, 4) is 0 Å². The molecule has 3 nitrogen and oxygen atoms in total. The highest BCUT2D eigenvalue weighted by atomic mass is 35.5. The average Bonchev–Trinajstić information content (AvgIpc) is 2.29. The summed E-state index contributed by atoms with van der Waals surface area (Å²) >= 11 is 5.95. The fourth-order valence-corrected chi connectivity index (χ4v) is 2.93. The molecule has 2 unspecified atom stereocenters. The van der Waals surface area contributed by atoms with Gasteiger partial charge in [-0.2, -0.15) is 0 Å². The molecule has 2 aliphatic heterocycles. The van der Waals surface area contributed by atoms with Gasteiger partial charge in [0.05, 0.1) is 11.4 Å². The van der Waals surface area contributed by atoms with Crippen LogP contribution in [0.3, 0.4) is 0 Å². The van der Waals surface area contributed by atoms with Gasteiger partial charge in [-0.05, 0) is 37.0 Å². The molecule has 1 saturated heterocycles. The second kappa shape index (κ2) is 3.91. The maximum Gasteiger partial charge on any atom is 0.247 e. The molecule has 90 valence electrons. The number of benzene rings is 1. The largest absolute Gasteiger partial charge is 0.358 e. The van der Waals surface area contributed by atoms with Crippen molar-refractivity contribution in [1.29, 1.82) is 0 Å². The summed E-state index contributed by atoms with van der Waals surface area (Å²) in [6.45, 7) is 3.16. The van der Waals surface area contributed by atoms with E-state index in [2.05, 4.69) is 17.1 Å². The summed E-state index contributed by atoms with van der Waals surface area (Å²) in [6.07, 6.45) is 2.08. The van der Waals surface area contributed by atoms with Gasteiger partial charge < -0.3 is 10.2 Å². The van der Waals surface area contributed by atoms with E-state index in [9.17, 15) is 4.79 Å². The Labute approximate surface area is 106 Å². The van der Waals surface area contributed by atoms with E-state index in [-0.39, 0.29) is 11.9 Å². The van der Waals surface area contributed by atoms with Crippen molar-refractivity contribution >= 4 is 28.9 Å². The maximum atomic E-state index is 12.1. The Hall–Kier alpha value is -1.22. The van der Waals surface area contributed by atoms with Crippen LogP contribution < -0.4 is 10.2 Å². The highest BCUT2D eigenvalue weighted by Gasteiger charge is 2.36. The molecule has 2 atom stereocenters. The van der Waals surface area contributed by atoms with Crippen molar-refractivity contribution in [1.82, 2.24) is 0 Å². The van der Waals surface area contributed by atoms with Crippen molar-refractivity contribution in [3.05, 3.63) is 23.2 Å². The van der Waals surface area contributed by atoms with E-state index >= 15 is 0 Å². The minimum atomic E-state index is -0.00701. The molecule has 2 aliphatic rings. The second-order valence-electron chi connectivity index (χ2n) is 4.99. The smallest absolute Gasteiger partial charge is 0.247 e. The first-order valence-corrected chi connectivity index (χ1v) is 6.40. The monoisotopic (exact) mass is 250 g/mol. The molecule has 2 heterocycles. The number of fused-ring (bicyclic) bond motifs is 3. The number of halogens is 1. The van der Waals surface area contributed by atoms with E-state index < -0.39 is 0 Å². The summed E-state index contributed by atoms with van der Waals surface area (Å²) < 4.78 is 0. The molecule has 4 heteroatoms. The first-order valence-electron chi connectivity index (χ1n) is 6.02. The fourth-order valence-electron chi connectivity index (χ4n) is 2.75. The molecule has 3 rings (SSSR count). The SMILES string of the molecule is CC1CCN2c3ccc(Cl)cc3NC(=O)C2C1. The number of anilines is 2. The van der Waals surface area contributed by atoms with Gasteiger partial charge in [0.15, 0.2) is 0 Å². The molecule has 17 heavy (non-hydrogen) atoms. The van der Waals surface area contributed by atoms with Gasteiger partial charge in [0, 0.05) is 11.6 Å². The summed E-state index contributed by atoms with van der Waals surface area (Å²) in [6, 6.07) is 5.70. The predicted molar refractivity (Wildman–Crippen MR) is 69.6 cm³/mol. The third-order valence-corrected chi connectivity index (χ3v) is 3.93. The summed E-state index contributed by atoms with van der Waals surface area (Å²) in [5.74, 6) is 0.724. The standard InChI is InChI=1S/C13H15ClN2O/c1-8-4-5-16-11-3-2-9(14)7-10(11)15-13(17)12(16)6-8/h2-3,7-8,12H,4-6H2,1H3,(H,15,17). The normalized spacial score (nSPS) is 27.2. The Bertz CT molecular complexity index is 474. The molecule has 1 aromatic rings. The van der Waals surface area contributed by atoms with Gasteiger partial charge in [0.2, 0.25) is 5.91 Å². The van der Waals surface area contributed by atoms with Crippen LogP contribution in [0.25, 0.3) is 0 Å². The molecule has 1 fully saturated rings. The van der Waals surface area contributed by atoms with Crippen molar-refractivity contribution in [2.45, 2.75) is 25.8 Å². The van der Waals surface area contributed by atoms with E-state index in [0.717, 1.165) is 30.8 Å². The molecule has 0 spiro atoms. The first-order chi connectivity index (χ1) is 8.15. The number of nitrogens with one attached hydrogen (secondary N) is 1. The number of rotatable bonds is 0. The summed E-state index contributed by atoms with van der Waals surface area (Å²) in [5, 5.41) is 3.62. The highest BCUT2D eigenvalue weighted by Crippen LogP contribution is 2.38. The Morgan fingerprint density at radius 3 is 3.12 bits per heavy atom. The number of piperidine rings is 1. The van der Waals surface area contributed by atoms with E-state index in [0.29, 0.717) is 10.9 Å². The average molecular weight is 251 g/mol. The maximum absolute atomic E-state index is 12.1. The molecule has 0 aromatic heterocycles. The second-order valence-corrected chi connectivity index (χ2v) is 5.43. The van der Waals surface area contributed by atoms with Gasteiger partial charge in [0.25, 0.3) is 0 Å². The van der Waals surface area contributed by atoms with Gasteiger partial charge in [-0.1, -0.05) is 18.5 Å². The van der Waals surface area contributed by atoms with Crippen LogP contribution in [0.15, 0.2) is 18.2 Å². The molecule has 1 amide bonds. The quantitative estimate of drug-likeness (QED) is 0.768. The van der Waals surface area contributed by atoms with Gasteiger partial charge in [-0.15, -0.1) is 0 Å². The molecule has 1 aromatic carbocycles.